The van der Waals surface area contributed by atoms with Gasteiger partial charge in [-0.2, -0.15) is 5.26 Å². The normalized spacial score (nSPS) is 15.6. The fourth-order valence-electron chi connectivity index (χ4n) is 3.99. The van der Waals surface area contributed by atoms with Crippen molar-refractivity contribution >= 4 is 56.8 Å². The summed E-state index contributed by atoms with van der Waals surface area (Å²) in [5, 5.41) is 14.1. The average molecular weight is 495 g/mol. The quantitative estimate of drug-likeness (QED) is 0.308. The molecule has 3 heterocycles. The van der Waals surface area contributed by atoms with Gasteiger partial charge in [-0.3, -0.25) is 14.2 Å². The van der Waals surface area contributed by atoms with E-state index in [0.29, 0.717) is 50.9 Å². The van der Waals surface area contributed by atoms with Crippen molar-refractivity contribution < 1.29 is 13.9 Å². The first-order valence-electron chi connectivity index (χ1n) is 10.7. The van der Waals surface area contributed by atoms with Gasteiger partial charge in [-0.05, 0) is 43.2 Å². The summed E-state index contributed by atoms with van der Waals surface area (Å²) >= 11 is 7.25. The molecule has 10 heteroatoms. The zero-order chi connectivity index (χ0) is 23.7. The number of ether oxygens (including phenoxy) is 1. The Balaban J connectivity index is 1.42. The van der Waals surface area contributed by atoms with Crippen LogP contribution in [0, 0.1) is 11.3 Å². The number of nitriles is 1. The summed E-state index contributed by atoms with van der Waals surface area (Å²) in [7, 11) is 0. The van der Waals surface area contributed by atoms with Gasteiger partial charge in [0.25, 0.3) is 5.56 Å². The SMILES string of the molecule is N#Cc1oc2ccccc2c1NC(=O)CSc1nc2cc(Cl)ccc2c(=O)n1CC1CCCO1. The molecule has 1 atom stereocenters. The Hall–Kier alpha value is -3.32. The summed E-state index contributed by atoms with van der Waals surface area (Å²) in [6, 6.07) is 14.0. The van der Waals surface area contributed by atoms with Crippen molar-refractivity contribution in [1.29, 1.82) is 5.26 Å². The standard InChI is InChI=1S/C24H19ClN4O4S/c25-14-7-8-16-18(10-14)27-24(29(23(16)31)12-15-4-3-9-32-15)34-13-21(30)28-22-17-5-1-2-6-19(17)33-20(22)11-26/h1-2,5-8,10,15H,3-4,9,12-13H2,(H,28,30). The molecule has 8 nitrogen and oxygen atoms in total. The fourth-order valence-corrected chi connectivity index (χ4v) is 4.97. The molecule has 0 spiro atoms. The highest BCUT2D eigenvalue weighted by Gasteiger charge is 2.22. The number of nitrogens with one attached hydrogen (secondary N) is 1. The van der Waals surface area contributed by atoms with Crippen LogP contribution in [0.1, 0.15) is 18.6 Å². The lowest BCUT2D eigenvalue weighted by atomic mass is 10.2. The van der Waals surface area contributed by atoms with Gasteiger partial charge in [0.05, 0.1) is 29.3 Å². The molecule has 1 unspecified atom stereocenters. The summed E-state index contributed by atoms with van der Waals surface area (Å²) in [5.74, 6) is -0.334. The highest BCUT2D eigenvalue weighted by Crippen LogP contribution is 2.30. The predicted molar refractivity (Wildman–Crippen MR) is 130 cm³/mol. The first-order chi connectivity index (χ1) is 16.5. The number of halogens is 1. The van der Waals surface area contributed by atoms with Gasteiger partial charge in [-0.1, -0.05) is 35.5 Å². The highest BCUT2D eigenvalue weighted by atomic mass is 35.5. The number of aromatic nitrogens is 2. The van der Waals surface area contributed by atoms with E-state index in [0.717, 1.165) is 24.6 Å². The molecule has 1 N–H and O–H groups in total. The number of rotatable bonds is 6. The van der Waals surface area contributed by atoms with Crippen LogP contribution in [0.25, 0.3) is 21.9 Å². The maximum atomic E-state index is 13.2. The molecule has 1 saturated heterocycles. The number of carbonyl (C=O) groups excluding carboxylic acids is 1. The molecule has 2 aromatic heterocycles. The topological polar surface area (TPSA) is 110 Å². The molecule has 2 aromatic carbocycles. The molecule has 4 aromatic rings. The predicted octanol–water partition coefficient (Wildman–Crippen LogP) is 4.58. The largest absolute Gasteiger partial charge is 0.443 e. The van der Waals surface area contributed by atoms with Crippen molar-refractivity contribution in [2.75, 3.05) is 17.7 Å². The van der Waals surface area contributed by atoms with E-state index in [1.54, 1.807) is 47.0 Å². The van der Waals surface area contributed by atoms with Gasteiger partial charge in [-0.25, -0.2) is 4.98 Å². The lowest BCUT2D eigenvalue weighted by Crippen LogP contribution is -2.29. The highest BCUT2D eigenvalue weighted by molar-refractivity contribution is 7.99. The summed E-state index contributed by atoms with van der Waals surface area (Å²) < 4.78 is 12.8. The van der Waals surface area contributed by atoms with Crippen LogP contribution in [0.2, 0.25) is 5.02 Å². The van der Waals surface area contributed by atoms with Crippen LogP contribution in [-0.4, -0.2) is 33.9 Å². The van der Waals surface area contributed by atoms with Crippen LogP contribution in [0.4, 0.5) is 5.69 Å². The molecule has 1 aliphatic heterocycles. The molecular formula is C24H19ClN4O4S. The van der Waals surface area contributed by atoms with Crippen LogP contribution >= 0.6 is 23.4 Å². The van der Waals surface area contributed by atoms with E-state index in [1.807, 2.05) is 6.07 Å². The smallest absolute Gasteiger partial charge is 0.262 e. The van der Waals surface area contributed by atoms with Crippen LogP contribution in [-0.2, 0) is 16.1 Å². The third kappa shape index (κ3) is 4.40. The number of hydrogen-bond donors (Lipinski definition) is 1. The number of para-hydroxylation sites is 1. The van der Waals surface area contributed by atoms with Gasteiger partial charge < -0.3 is 14.5 Å². The van der Waals surface area contributed by atoms with Crippen molar-refractivity contribution in [1.82, 2.24) is 9.55 Å². The number of thioether (sulfide) groups is 1. The summed E-state index contributed by atoms with van der Waals surface area (Å²) in [6.07, 6.45) is 1.73. The number of carbonyl (C=O) groups is 1. The molecule has 1 amide bonds. The number of fused-ring (bicyclic) bond motifs is 2. The summed E-state index contributed by atoms with van der Waals surface area (Å²) in [6.45, 7) is 1.03. The fraction of sp³-hybridized carbons (Fsp3) is 0.250. The van der Waals surface area contributed by atoms with E-state index in [9.17, 15) is 14.9 Å². The lowest BCUT2D eigenvalue weighted by molar-refractivity contribution is -0.113. The molecule has 34 heavy (non-hydrogen) atoms. The molecule has 0 saturated carbocycles. The monoisotopic (exact) mass is 494 g/mol. The molecule has 1 fully saturated rings. The molecular weight excluding hydrogens is 476 g/mol. The number of furan rings is 1. The molecule has 5 rings (SSSR count). The van der Waals surface area contributed by atoms with Crippen molar-refractivity contribution in [2.24, 2.45) is 0 Å². The number of nitrogens with zero attached hydrogens (tertiary/aromatic N) is 3. The van der Waals surface area contributed by atoms with E-state index >= 15 is 0 Å². The lowest BCUT2D eigenvalue weighted by Gasteiger charge is -2.16. The van der Waals surface area contributed by atoms with E-state index in [2.05, 4.69) is 10.3 Å². The molecule has 172 valence electrons. The minimum absolute atomic E-state index is 0.0194. The summed E-state index contributed by atoms with van der Waals surface area (Å²) in [4.78, 5) is 30.7. The van der Waals surface area contributed by atoms with Gasteiger partial charge >= 0.3 is 0 Å². The van der Waals surface area contributed by atoms with Crippen LogP contribution in [0.3, 0.4) is 0 Å². The Labute approximate surface area is 203 Å². The van der Waals surface area contributed by atoms with Crippen LogP contribution in [0.15, 0.2) is 56.8 Å². The number of anilines is 1. The third-order valence-corrected chi connectivity index (χ3v) is 6.80. The van der Waals surface area contributed by atoms with E-state index in [-0.39, 0.29) is 29.1 Å². The van der Waals surface area contributed by atoms with Gasteiger partial charge in [0.2, 0.25) is 11.7 Å². The second kappa shape index (κ2) is 9.50. The van der Waals surface area contributed by atoms with Gasteiger partial charge in [-0.15, -0.1) is 0 Å². The second-order valence-electron chi connectivity index (χ2n) is 7.86. The van der Waals surface area contributed by atoms with Crippen molar-refractivity contribution in [3.63, 3.8) is 0 Å². The first-order valence-corrected chi connectivity index (χ1v) is 12.1. The maximum Gasteiger partial charge on any atom is 0.262 e. The first kappa shape index (κ1) is 22.5. The minimum atomic E-state index is -0.350. The van der Waals surface area contributed by atoms with Crippen LogP contribution in [0.5, 0.6) is 0 Å². The van der Waals surface area contributed by atoms with Crippen molar-refractivity contribution in [3.05, 3.63) is 63.6 Å². The zero-order valence-corrected chi connectivity index (χ0v) is 19.5. The average Bonchev–Trinajstić information content (AvgIpc) is 3.47. The van der Waals surface area contributed by atoms with Gasteiger partial charge in [0.1, 0.15) is 17.3 Å². The Kier molecular flexibility index (Phi) is 6.28. The number of hydrogen-bond acceptors (Lipinski definition) is 7. The van der Waals surface area contributed by atoms with E-state index in [1.165, 1.54) is 0 Å². The second-order valence-corrected chi connectivity index (χ2v) is 9.24. The van der Waals surface area contributed by atoms with Gasteiger partial charge in [0, 0.05) is 17.0 Å². The van der Waals surface area contributed by atoms with Crippen molar-refractivity contribution in [3.8, 4) is 6.07 Å². The molecule has 0 aliphatic carbocycles. The van der Waals surface area contributed by atoms with Crippen molar-refractivity contribution in [2.45, 2.75) is 30.6 Å². The van der Waals surface area contributed by atoms with Gasteiger partial charge in [0.15, 0.2) is 5.16 Å². The Bertz CT molecular complexity index is 1500. The number of amides is 1. The van der Waals surface area contributed by atoms with Crippen LogP contribution < -0.4 is 10.9 Å². The Morgan fingerprint density at radius 3 is 2.94 bits per heavy atom. The Morgan fingerprint density at radius 1 is 1.29 bits per heavy atom. The van der Waals surface area contributed by atoms with E-state index < -0.39 is 0 Å². The minimum Gasteiger partial charge on any atom is -0.443 e. The third-order valence-electron chi connectivity index (χ3n) is 5.59. The number of benzene rings is 2. The van der Waals surface area contributed by atoms with E-state index in [4.69, 9.17) is 20.8 Å². The molecule has 0 radical (unpaired) electrons. The molecule has 1 aliphatic rings. The molecule has 0 bridgehead atoms. The zero-order valence-electron chi connectivity index (χ0n) is 17.9. The Morgan fingerprint density at radius 2 is 2.15 bits per heavy atom. The summed E-state index contributed by atoms with van der Waals surface area (Å²) in [5.41, 5.74) is 1.11. The maximum absolute atomic E-state index is 13.2.